The van der Waals surface area contributed by atoms with Crippen molar-refractivity contribution in [3.8, 4) is 0 Å². The summed E-state index contributed by atoms with van der Waals surface area (Å²) < 4.78 is 0. The van der Waals surface area contributed by atoms with E-state index in [1.807, 2.05) is 24.3 Å². The van der Waals surface area contributed by atoms with Gasteiger partial charge in [0.1, 0.15) is 0 Å². The minimum Gasteiger partial charge on any atom is -0.409 e. The topological polar surface area (TPSA) is 71.5 Å². The Hall–Kier alpha value is -1.72. The Labute approximate surface area is 113 Å². The van der Waals surface area contributed by atoms with Crippen molar-refractivity contribution in [1.82, 2.24) is 4.98 Å². The molecule has 1 heterocycles. The third kappa shape index (κ3) is 2.75. The highest BCUT2D eigenvalue weighted by atomic mass is 35.5. The molecule has 0 unspecified atom stereocenters. The number of pyridine rings is 1. The molecular formula is C12H10ClN3OS. The van der Waals surface area contributed by atoms with Crippen molar-refractivity contribution >= 4 is 29.2 Å². The van der Waals surface area contributed by atoms with Crippen molar-refractivity contribution in [3.05, 3.63) is 53.3 Å². The Morgan fingerprint density at radius 3 is 2.67 bits per heavy atom. The molecule has 0 saturated heterocycles. The van der Waals surface area contributed by atoms with E-state index < -0.39 is 0 Å². The van der Waals surface area contributed by atoms with Crippen molar-refractivity contribution in [2.75, 3.05) is 0 Å². The molecule has 0 aliphatic heterocycles. The first-order valence-corrected chi connectivity index (χ1v) is 6.26. The van der Waals surface area contributed by atoms with Gasteiger partial charge < -0.3 is 10.9 Å². The SMILES string of the molecule is NC(=NO)c1c(Cl)cccc1Sc1ccncc1. The zero-order chi connectivity index (χ0) is 13.0. The number of oxime groups is 1. The van der Waals surface area contributed by atoms with Crippen LogP contribution in [0, 0.1) is 0 Å². The van der Waals surface area contributed by atoms with Gasteiger partial charge in [0.2, 0.25) is 0 Å². The normalized spacial score (nSPS) is 11.5. The molecule has 1 aromatic heterocycles. The number of amidine groups is 1. The molecule has 6 heteroatoms. The Bertz CT molecular complexity index is 575. The number of nitrogens with zero attached hydrogens (tertiary/aromatic N) is 2. The van der Waals surface area contributed by atoms with E-state index in [4.69, 9.17) is 22.5 Å². The van der Waals surface area contributed by atoms with E-state index in [1.54, 1.807) is 18.5 Å². The molecule has 0 fully saturated rings. The summed E-state index contributed by atoms with van der Waals surface area (Å²) in [6, 6.07) is 9.14. The number of halogens is 1. The first kappa shape index (κ1) is 12.7. The monoisotopic (exact) mass is 279 g/mol. The van der Waals surface area contributed by atoms with Crippen LogP contribution in [0.5, 0.6) is 0 Å². The third-order valence-electron chi connectivity index (χ3n) is 2.22. The van der Waals surface area contributed by atoms with Gasteiger partial charge in [-0.25, -0.2) is 0 Å². The fourth-order valence-electron chi connectivity index (χ4n) is 1.42. The average Bonchev–Trinajstić information content (AvgIpc) is 2.39. The molecule has 0 saturated carbocycles. The van der Waals surface area contributed by atoms with Crippen LogP contribution in [-0.2, 0) is 0 Å². The first-order chi connectivity index (χ1) is 8.72. The standard InChI is InChI=1S/C12H10ClN3OS/c13-9-2-1-3-10(11(9)12(14)16-17)18-8-4-6-15-7-5-8/h1-7,17H,(H2,14,16). The van der Waals surface area contributed by atoms with E-state index in [-0.39, 0.29) is 5.84 Å². The van der Waals surface area contributed by atoms with Crippen molar-refractivity contribution in [2.24, 2.45) is 10.9 Å². The highest BCUT2D eigenvalue weighted by Crippen LogP contribution is 2.33. The maximum Gasteiger partial charge on any atom is 0.172 e. The zero-order valence-electron chi connectivity index (χ0n) is 9.25. The summed E-state index contributed by atoms with van der Waals surface area (Å²) in [5, 5.41) is 12.2. The second-order valence-corrected chi connectivity index (χ2v) is 4.91. The molecule has 1 aromatic carbocycles. The Morgan fingerprint density at radius 1 is 1.28 bits per heavy atom. The smallest absolute Gasteiger partial charge is 0.172 e. The zero-order valence-corrected chi connectivity index (χ0v) is 10.8. The molecular weight excluding hydrogens is 270 g/mol. The van der Waals surface area contributed by atoms with E-state index in [9.17, 15) is 0 Å². The molecule has 4 nitrogen and oxygen atoms in total. The van der Waals surface area contributed by atoms with Gasteiger partial charge in [0.05, 0.1) is 10.6 Å². The summed E-state index contributed by atoms with van der Waals surface area (Å²) in [7, 11) is 0. The lowest BCUT2D eigenvalue weighted by atomic mass is 10.2. The minimum absolute atomic E-state index is 0.00263. The number of nitrogens with two attached hydrogens (primary N) is 1. The van der Waals surface area contributed by atoms with Gasteiger partial charge in [-0.2, -0.15) is 0 Å². The van der Waals surface area contributed by atoms with Crippen LogP contribution < -0.4 is 5.73 Å². The van der Waals surface area contributed by atoms with Gasteiger partial charge in [-0.1, -0.05) is 34.6 Å². The van der Waals surface area contributed by atoms with E-state index in [2.05, 4.69) is 10.1 Å². The molecule has 3 N–H and O–H groups in total. The lowest BCUT2D eigenvalue weighted by Crippen LogP contribution is -2.14. The van der Waals surface area contributed by atoms with Crippen LogP contribution in [0.2, 0.25) is 5.02 Å². The lowest BCUT2D eigenvalue weighted by Gasteiger charge is -2.09. The highest BCUT2D eigenvalue weighted by Gasteiger charge is 2.12. The molecule has 0 amide bonds. The van der Waals surface area contributed by atoms with Gasteiger partial charge in [-0.05, 0) is 24.3 Å². The van der Waals surface area contributed by atoms with E-state index in [0.29, 0.717) is 10.6 Å². The summed E-state index contributed by atoms with van der Waals surface area (Å²) in [6.07, 6.45) is 3.41. The summed E-state index contributed by atoms with van der Waals surface area (Å²) in [5.74, 6) is -0.00263. The Balaban J connectivity index is 2.42. The van der Waals surface area contributed by atoms with Crippen molar-refractivity contribution < 1.29 is 5.21 Å². The summed E-state index contributed by atoms with van der Waals surface area (Å²) >= 11 is 7.55. The fourth-order valence-corrected chi connectivity index (χ4v) is 2.72. The number of aromatic nitrogens is 1. The minimum atomic E-state index is -0.00263. The largest absolute Gasteiger partial charge is 0.409 e. The van der Waals surface area contributed by atoms with Crippen LogP contribution >= 0.6 is 23.4 Å². The fraction of sp³-hybridized carbons (Fsp3) is 0. The molecule has 0 spiro atoms. The van der Waals surface area contributed by atoms with Crippen LogP contribution in [0.4, 0.5) is 0 Å². The quantitative estimate of drug-likeness (QED) is 0.392. The molecule has 2 rings (SSSR count). The molecule has 0 aliphatic rings. The van der Waals surface area contributed by atoms with Crippen molar-refractivity contribution in [1.29, 1.82) is 0 Å². The van der Waals surface area contributed by atoms with Crippen LogP contribution in [0.25, 0.3) is 0 Å². The van der Waals surface area contributed by atoms with E-state index >= 15 is 0 Å². The molecule has 18 heavy (non-hydrogen) atoms. The van der Waals surface area contributed by atoms with E-state index in [0.717, 1.165) is 9.79 Å². The summed E-state index contributed by atoms with van der Waals surface area (Å²) in [4.78, 5) is 5.77. The van der Waals surface area contributed by atoms with Gasteiger partial charge in [0.15, 0.2) is 5.84 Å². The maximum absolute atomic E-state index is 8.79. The number of hydrogen-bond donors (Lipinski definition) is 2. The highest BCUT2D eigenvalue weighted by molar-refractivity contribution is 7.99. The lowest BCUT2D eigenvalue weighted by molar-refractivity contribution is 0.318. The van der Waals surface area contributed by atoms with Crippen LogP contribution in [-0.4, -0.2) is 16.0 Å². The summed E-state index contributed by atoms with van der Waals surface area (Å²) in [6.45, 7) is 0. The average molecular weight is 280 g/mol. The van der Waals surface area contributed by atoms with Crippen LogP contribution in [0.3, 0.4) is 0 Å². The van der Waals surface area contributed by atoms with Crippen molar-refractivity contribution in [2.45, 2.75) is 9.79 Å². The molecule has 2 aromatic rings. The second kappa shape index (κ2) is 5.75. The Morgan fingerprint density at radius 2 is 2.00 bits per heavy atom. The predicted octanol–water partition coefficient (Wildman–Crippen LogP) is 2.98. The molecule has 0 atom stereocenters. The summed E-state index contributed by atoms with van der Waals surface area (Å²) in [5.41, 5.74) is 6.17. The van der Waals surface area contributed by atoms with Crippen LogP contribution in [0.1, 0.15) is 5.56 Å². The van der Waals surface area contributed by atoms with E-state index in [1.165, 1.54) is 11.8 Å². The number of hydrogen-bond acceptors (Lipinski definition) is 4. The number of rotatable bonds is 3. The molecule has 0 radical (unpaired) electrons. The van der Waals surface area contributed by atoms with Gasteiger partial charge in [-0.15, -0.1) is 0 Å². The molecule has 0 aliphatic carbocycles. The Kier molecular flexibility index (Phi) is 4.07. The maximum atomic E-state index is 8.79. The van der Waals surface area contributed by atoms with Crippen molar-refractivity contribution in [3.63, 3.8) is 0 Å². The van der Waals surface area contributed by atoms with Crippen LogP contribution in [0.15, 0.2) is 57.7 Å². The van der Waals surface area contributed by atoms with Gasteiger partial charge in [0, 0.05) is 22.2 Å². The number of benzene rings is 1. The second-order valence-electron chi connectivity index (χ2n) is 3.38. The molecule has 0 bridgehead atoms. The van der Waals surface area contributed by atoms with Gasteiger partial charge in [-0.3, -0.25) is 4.98 Å². The van der Waals surface area contributed by atoms with Gasteiger partial charge >= 0.3 is 0 Å². The molecule has 92 valence electrons. The predicted molar refractivity (Wildman–Crippen MR) is 72.3 cm³/mol. The van der Waals surface area contributed by atoms with Gasteiger partial charge in [0.25, 0.3) is 0 Å². The first-order valence-electron chi connectivity index (χ1n) is 5.06. The third-order valence-corrected chi connectivity index (χ3v) is 3.60.